The third kappa shape index (κ3) is 7.79. The zero-order valence-corrected chi connectivity index (χ0v) is 7.05. The van der Waals surface area contributed by atoms with Gasteiger partial charge >= 0.3 is 14.0 Å². The summed E-state index contributed by atoms with van der Waals surface area (Å²) in [6.07, 6.45) is -4.11. The van der Waals surface area contributed by atoms with Crippen LogP contribution in [0.25, 0.3) is 0 Å². The lowest BCUT2D eigenvalue weighted by molar-refractivity contribution is -0.290. The number of halogens is 3. The van der Waals surface area contributed by atoms with Gasteiger partial charge in [-0.3, -0.25) is 4.89 Å². The van der Waals surface area contributed by atoms with Crippen LogP contribution in [0.5, 0.6) is 0 Å². The van der Waals surface area contributed by atoms with E-state index in [4.69, 9.17) is 4.89 Å². The van der Waals surface area contributed by atoms with Crippen molar-refractivity contribution in [1.29, 1.82) is 0 Å². The number of hydrogen-bond acceptors (Lipinski definition) is 4. The smallest absolute Gasteiger partial charge is 0.411 e. The number of phosphoric ester groups is 1. The fourth-order valence-corrected chi connectivity index (χ4v) is 0.681. The molecule has 0 aliphatic heterocycles. The molecule has 0 spiro atoms. The van der Waals surface area contributed by atoms with Crippen molar-refractivity contribution in [3.05, 3.63) is 12.8 Å². The summed E-state index contributed by atoms with van der Waals surface area (Å²) in [5, 5.41) is 0. The molecule has 0 fully saturated rings. The quantitative estimate of drug-likeness (QED) is 0.332. The van der Waals surface area contributed by atoms with Crippen LogP contribution in [0.3, 0.4) is 0 Å². The van der Waals surface area contributed by atoms with Crippen LogP contribution in [0.4, 0.5) is 13.2 Å². The normalized spacial score (nSPS) is 16.3. The maximum Gasteiger partial charge on any atom is 0.554 e. The number of hydrogen-bond donors (Lipinski definition) is 1. The van der Waals surface area contributed by atoms with Crippen molar-refractivity contribution in [1.82, 2.24) is 0 Å². The average molecular weight is 222 g/mol. The van der Waals surface area contributed by atoms with E-state index in [9.17, 15) is 17.7 Å². The summed E-state index contributed by atoms with van der Waals surface area (Å²) < 4.78 is 51.8. The van der Waals surface area contributed by atoms with E-state index < -0.39 is 20.6 Å². The summed E-state index contributed by atoms with van der Waals surface area (Å²) in [5.41, 5.74) is 0. The highest BCUT2D eigenvalue weighted by Gasteiger charge is 2.31. The highest BCUT2D eigenvalue weighted by molar-refractivity contribution is 7.47. The Morgan fingerprint density at radius 3 is 2.46 bits per heavy atom. The molecular formula is C4H6F3O5P. The summed E-state index contributed by atoms with van der Waals surface area (Å²) in [6, 6.07) is 0. The third-order valence-corrected chi connectivity index (χ3v) is 1.29. The topological polar surface area (TPSA) is 65.0 Å². The van der Waals surface area contributed by atoms with Crippen molar-refractivity contribution in [2.45, 2.75) is 6.18 Å². The van der Waals surface area contributed by atoms with E-state index in [0.29, 0.717) is 6.26 Å². The Morgan fingerprint density at radius 2 is 2.08 bits per heavy atom. The van der Waals surface area contributed by atoms with E-state index in [1.54, 1.807) is 0 Å². The molecule has 0 aromatic rings. The van der Waals surface area contributed by atoms with E-state index in [0.717, 1.165) is 0 Å². The van der Waals surface area contributed by atoms with Crippen LogP contribution in [0, 0.1) is 0 Å². The summed E-state index contributed by atoms with van der Waals surface area (Å²) in [5.74, 6) is 0. The molecule has 0 amide bonds. The number of alkyl halides is 3. The van der Waals surface area contributed by atoms with Crippen LogP contribution in [0.1, 0.15) is 0 Å². The van der Waals surface area contributed by atoms with Gasteiger partial charge in [0.1, 0.15) is 0 Å². The second kappa shape index (κ2) is 4.61. The van der Waals surface area contributed by atoms with Crippen molar-refractivity contribution >= 4 is 7.82 Å². The summed E-state index contributed by atoms with van der Waals surface area (Å²) >= 11 is 0. The maximum absolute atomic E-state index is 11.4. The zero-order chi connectivity index (χ0) is 10.5. The Balaban J connectivity index is 3.76. The summed E-state index contributed by atoms with van der Waals surface area (Å²) in [4.78, 5) is 11.9. The first-order valence-electron chi connectivity index (χ1n) is 2.77. The molecule has 1 unspecified atom stereocenters. The minimum Gasteiger partial charge on any atom is -0.411 e. The van der Waals surface area contributed by atoms with E-state index in [2.05, 4.69) is 20.7 Å². The lowest BCUT2D eigenvalue weighted by Crippen LogP contribution is -2.16. The van der Waals surface area contributed by atoms with Gasteiger partial charge in [-0.15, -0.1) is 4.67 Å². The fraction of sp³-hybridized carbons (Fsp3) is 0.500. The van der Waals surface area contributed by atoms with Crippen molar-refractivity contribution in [3.63, 3.8) is 0 Å². The van der Waals surface area contributed by atoms with E-state index in [1.807, 2.05) is 0 Å². The minimum atomic E-state index is -4.64. The van der Waals surface area contributed by atoms with Gasteiger partial charge in [0, 0.05) is 0 Å². The van der Waals surface area contributed by atoms with E-state index in [-0.39, 0.29) is 0 Å². The maximum atomic E-state index is 11.4. The predicted octanol–water partition coefficient (Wildman–Crippen LogP) is 1.76. The largest absolute Gasteiger partial charge is 0.554 e. The van der Waals surface area contributed by atoms with Gasteiger partial charge in [0.25, 0.3) is 0 Å². The first kappa shape index (κ1) is 12.4. The van der Waals surface area contributed by atoms with Gasteiger partial charge in [-0.05, 0) is 0 Å². The molecule has 0 rings (SSSR count). The molecule has 0 aromatic heterocycles. The van der Waals surface area contributed by atoms with Gasteiger partial charge in [0.05, 0.1) is 6.26 Å². The van der Waals surface area contributed by atoms with Crippen molar-refractivity contribution < 1.29 is 36.7 Å². The van der Waals surface area contributed by atoms with Crippen LogP contribution in [-0.4, -0.2) is 17.7 Å². The minimum absolute atomic E-state index is 0.539. The molecular weight excluding hydrogens is 216 g/mol. The summed E-state index contributed by atoms with van der Waals surface area (Å²) in [7, 11) is -4.62. The van der Waals surface area contributed by atoms with Crippen molar-refractivity contribution in [2.24, 2.45) is 0 Å². The number of phosphoric acid groups is 1. The van der Waals surface area contributed by atoms with Gasteiger partial charge in [-0.25, -0.2) is 9.45 Å². The van der Waals surface area contributed by atoms with E-state index >= 15 is 0 Å². The molecule has 0 radical (unpaired) electrons. The van der Waals surface area contributed by atoms with Crippen LogP contribution >= 0.6 is 7.82 Å². The molecule has 0 aliphatic carbocycles. The average Bonchev–Trinajstić information content (AvgIpc) is 1.82. The molecule has 1 N–H and O–H groups in total. The Hall–Kier alpha value is -0.560. The lowest BCUT2D eigenvalue weighted by atomic mass is 10.7. The Bertz CT molecular complexity index is 214. The van der Waals surface area contributed by atoms with E-state index in [1.165, 1.54) is 0 Å². The second-order valence-electron chi connectivity index (χ2n) is 1.69. The summed E-state index contributed by atoms with van der Waals surface area (Å²) in [6.45, 7) is 1.08. The molecule has 0 aromatic carbocycles. The second-order valence-corrected chi connectivity index (χ2v) is 2.99. The Labute approximate surface area is 71.3 Å². The van der Waals surface area contributed by atoms with Crippen LogP contribution in [0.15, 0.2) is 12.8 Å². The molecule has 13 heavy (non-hydrogen) atoms. The van der Waals surface area contributed by atoms with Gasteiger partial charge in [-0.2, -0.15) is 13.2 Å². The van der Waals surface area contributed by atoms with Gasteiger partial charge in [0.15, 0.2) is 6.61 Å². The first-order valence-corrected chi connectivity index (χ1v) is 4.26. The highest BCUT2D eigenvalue weighted by atomic mass is 31.2. The highest BCUT2D eigenvalue weighted by Crippen LogP contribution is 2.43. The monoisotopic (exact) mass is 222 g/mol. The Kier molecular flexibility index (Phi) is 4.41. The van der Waals surface area contributed by atoms with Crippen LogP contribution < -0.4 is 0 Å². The van der Waals surface area contributed by atoms with Crippen LogP contribution in [-0.2, 0) is 18.7 Å². The fourth-order valence-electron chi connectivity index (χ4n) is 0.272. The number of rotatable bonds is 5. The predicted molar refractivity (Wildman–Crippen MR) is 34.2 cm³/mol. The molecule has 0 bridgehead atoms. The lowest BCUT2D eigenvalue weighted by Gasteiger charge is -2.09. The first-order chi connectivity index (χ1) is 5.77. The van der Waals surface area contributed by atoms with Gasteiger partial charge < -0.3 is 4.52 Å². The Morgan fingerprint density at radius 1 is 1.54 bits per heavy atom. The SMILES string of the molecule is C=COP(=O)(O)OOCC(F)(F)F. The molecule has 9 heteroatoms. The standard InChI is InChI=1S/C4H6F3O5P/c1-2-11-13(8,9)12-10-3-4(5,6)7/h2H,1,3H2,(H,8,9). The molecule has 5 nitrogen and oxygen atoms in total. The molecule has 78 valence electrons. The molecule has 0 heterocycles. The molecule has 0 aliphatic rings. The zero-order valence-electron chi connectivity index (χ0n) is 6.15. The molecule has 0 saturated carbocycles. The van der Waals surface area contributed by atoms with Crippen molar-refractivity contribution in [3.8, 4) is 0 Å². The van der Waals surface area contributed by atoms with Gasteiger partial charge in [0.2, 0.25) is 0 Å². The van der Waals surface area contributed by atoms with Gasteiger partial charge in [-0.1, -0.05) is 6.58 Å². The van der Waals surface area contributed by atoms with Crippen molar-refractivity contribution in [2.75, 3.05) is 6.61 Å². The third-order valence-electron chi connectivity index (χ3n) is 0.577. The van der Waals surface area contributed by atoms with Crippen LogP contribution in [0.2, 0.25) is 0 Å². The molecule has 0 saturated heterocycles. The molecule has 1 atom stereocenters.